The van der Waals surface area contributed by atoms with Gasteiger partial charge in [-0.15, -0.1) is 0 Å². The highest BCUT2D eigenvalue weighted by molar-refractivity contribution is 6.46. The molecule has 0 saturated carbocycles. The van der Waals surface area contributed by atoms with E-state index in [-0.39, 0.29) is 24.5 Å². The van der Waals surface area contributed by atoms with Crippen LogP contribution in [-0.2, 0) is 14.3 Å². The van der Waals surface area contributed by atoms with Crippen LogP contribution in [0.1, 0.15) is 36.6 Å². The Balaban J connectivity index is 2.05. The van der Waals surface area contributed by atoms with Crippen molar-refractivity contribution in [3.63, 3.8) is 0 Å². The standard InChI is InChI=1S/C25H29NO5/c1-16(2)15-31-20-11-10-19(14-17(20)3)23(27)21-22(18-8-6-5-7-9-18)26(12-13-30-4)25(29)24(21)28/h5-11,14,16,22,27H,12-13,15H2,1-4H3. The summed E-state index contributed by atoms with van der Waals surface area (Å²) in [5.41, 5.74) is 2.16. The first kappa shape index (κ1) is 22.6. The molecule has 1 unspecified atom stereocenters. The minimum absolute atomic E-state index is 0.0857. The summed E-state index contributed by atoms with van der Waals surface area (Å²) < 4.78 is 10.9. The molecule has 0 radical (unpaired) electrons. The van der Waals surface area contributed by atoms with Crippen LogP contribution in [0.25, 0.3) is 5.76 Å². The highest BCUT2D eigenvalue weighted by Crippen LogP contribution is 2.39. The number of aliphatic hydroxyl groups is 1. The van der Waals surface area contributed by atoms with Gasteiger partial charge in [-0.05, 0) is 42.2 Å². The lowest BCUT2D eigenvalue weighted by atomic mass is 9.95. The number of aliphatic hydroxyl groups excluding tert-OH is 1. The van der Waals surface area contributed by atoms with Gasteiger partial charge in [0, 0.05) is 19.2 Å². The number of ketones is 1. The van der Waals surface area contributed by atoms with Crippen LogP contribution in [0.4, 0.5) is 0 Å². The maximum Gasteiger partial charge on any atom is 0.295 e. The molecule has 31 heavy (non-hydrogen) atoms. The molecule has 0 spiro atoms. The average molecular weight is 424 g/mol. The summed E-state index contributed by atoms with van der Waals surface area (Å²) in [6.07, 6.45) is 0. The van der Waals surface area contributed by atoms with Gasteiger partial charge in [-0.2, -0.15) is 0 Å². The number of likely N-dealkylation sites (tertiary alicyclic amines) is 1. The molecule has 0 bridgehead atoms. The molecule has 1 atom stereocenters. The van der Waals surface area contributed by atoms with E-state index < -0.39 is 17.7 Å². The number of rotatable bonds is 8. The van der Waals surface area contributed by atoms with Crippen molar-refractivity contribution in [2.45, 2.75) is 26.8 Å². The number of aryl methyl sites for hydroxylation is 1. The number of nitrogens with zero attached hydrogens (tertiary/aromatic N) is 1. The zero-order chi connectivity index (χ0) is 22.5. The van der Waals surface area contributed by atoms with E-state index in [1.807, 2.05) is 37.3 Å². The summed E-state index contributed by atoms with van der Waals surface area (Å²) in [6.45, 7) is 7.16. The van der Waals surface area contributed by atoms with Crippen LogP contribution in [0, 0.1) is 12.8 Å². The summed E-state index contributed by atoms with van der Waals surface area (Å²) in [7, 11) is 1.54. The molecule has 1 saturated heterocycles. The number of hydrogen-bond acceptors (Lipinski definition) is 5. The number of methoxy groups -OCH3 is 1. The van der Waals surface area contributed by atoms with Crippen molar-refractivity contribution in [1.82, 2.24) is 4.90 Å². The van der Waals surface area contributed by atoms with Crippen LogP contribution in [0.5, 0.6) is 5.75 Å². The molecule has 164 valence electrons. The van der Waals surface area contributed by atoms with Crippen molar-refractivity contribution in [2.75, 3.05) is 26.9 Å². The smallest absolute Gasteiger partial charge is 0.295 e. The molecule has 0 aromatic heterocycles. The third-order valence-electron chi connectivity index (χ3n) is 5.21. The maximum atomic E-state index is 12.9. The van der Waals surface area contributed by atoms with Gasteiger partial charge in [-0.3, -0.25) is 9.59 Å². The van der Waals surface area contributed by atoms with Gasteiger partial charge in [0.2, 0.25) is 0 Å². The molecule has 3 rings (SSSR count). The molecular formula is C25H29NO5. The third kappa shape index (κ3) is 4.80. The van der Waals surface area contributed by atoms with Gasteiger partial charge < -0.3 is 19.5 Å². The van der Waals surface area contributed by atoms with Crippen molar-refractivity contribution in [3.8, 4) is 5.75 Å². The van der Waals surface area contributed by atoms with Crippen molar-refractivity contribution in [1.29, 1.82) is 0 Å². The van der Waals surface area contributed by atoms with Crippen molar-refractivity contribution in [2.24, 2.45) is 5.92 Å². The number of amides is 1. The van der Waals surface area contributed by atoms with E-state index in [4.69, 9.17) is 9.47 Å². The van der Waals surface area contributed by atoms with Crippen molar-refractivity contribution >= 4 is 17.4 Å². The number of benzene rings is 2. The molecule has 1 heterocycles. The fraction of sp³-hybridized carbons (Fsp3) is 0.360. The van der Waals surface area contributed by atoms with Gasteiger partial charge in [0.15, 0.2) is 0 Å². The maximum absolute atomic E-state index is 12.9. The Morgan fingerprint density at radius 2 is 1.84 bits per heavy atom. The van der Waals surface area contributed by atoms with Gasteiger partial charge in [-0.25, -0.2) is 0 Å². The highest BCUT2D eigenvalue weighted by atomic mass is 16.5. The molecule has 2 aromatic rings. The van der Waals surface area contributed by atoms with Crippen LogP contribution in [0.15, 0.2) is 54.1 Å². The van der Waals surface area contributed by atoms with E-state index in [0.717, 1.165) is 16.9 Å². The lowest BCUT2D eigenvalue weighted by Gasteiger charge is -2.25. The van der Waals surface area contributed by atoms with E-state index in [1.54, 1.807) is 25.3 Å². The highest BCUT2D eigenvalue weighted by Gasteiger charge is 2.45. The molecule has 1 aliphatic rings. The lowest BCUT2D eigenvalue weighted by molar-refractivity contribution is -0.140. The van der Waals surface area contributed by atoms with E-state index in [0.29, 0.717) is 18.1 Å². The molecule has 2 aromatic carbocycles. The number of Topliss-reactive ketones (excluding diaryl/α,β-unsaturated/α-hetero) is 1. The Kier molecular flexibility index (Phi) is 7.13. The van der Waals surface area contributed by atoms with E-state index in [2.05, 4.69) is 13.8 Å². The normalized spacial score (nSPS) is 18.1. The fourth-order valence-corrected chi connectivity index (χ4v) is 3.65. The first-order chi connectivity index (χ1) is 14.8. The number of carbonyl (C=O) groups excluding carboxylic acids is 2. The van der Waals surface area contributed by atoms with Gasteiger partial charge in [0.25, 0.3) is 11.7 Å². The Labute approximate surface area is 183 Å². The molecule has 1 fully saturated rings. The van der Waals surface area contributed by atoms with Gasteiger partial charge >= 0.3 is 0 Å². The Bertz CT molecular complexity index is 981. The summed E-state index contributed by atoms with van der Waals surface area (Å²) in [5.74, 6) is -0.404. The Hall–Kier alpha value is -3.12. The molecule has 6 heteroatoms. The van der Waals surface area contributed by atoms with Crippen molar-refractivity contribution in [3.05, 3.63) is 70.8 Å². The molecule has 1 aliphatic heterocycles. The van der Waals surface area contributed by atoms with Crippen LogP contribution in [0.2, 0.25) is 0 Å². The van der Waals surface area contributed by atoms with Crippen LogP contribution in [0.3, 0.4) is 0 Å². The van der Waals surface area contributed by atoms with E-state index in [9.17, 15) is 14.7 Å². The Morgan fingerprint density at radius 3 is 2.45 bits per heavy atom. The minimum Gasteiger partial charge on any atom is -0.507 e. The van der Waals surface area contributed by atoms with E-state index >= 15 is 0 Å². The monoisotopic (exact) mass is 423 g/mol. The number of ether oxygens (including phenoxy) is 2. The van der Waals surface area contributed by atoms with Gasteiger partial charge in [-0.1, -0.05) is 44.2 Å². The van der Waals surface area contributed by atoms with E-state index in [1.165, 1.54) is 4.90 Å². The van der Waals surface area contributed by atoms with Crippen LogP contribution in [-0.4, -0.2) is 48.6 Å². The van der Waals surface area contributed by atoms with Gasteiger partial charge in [0.05, 0.1) is 24.8 Å². The summed E-state index contributed by atoms with van der Waals surface area (Å²) in [5, 5.41) is 11.1. The first-order valence-electron chi connectivity index (χ1n) is 10.4. The largest absolute Gasteiger partial charge is 0.507 e. The zero-order valence-electron chi connectivity index (χ0n) is 18.4. The predicted octanol–water partition coefficient (Wildman–Crippen LogP) is 4.10. The first-order valence-corrected chi connectivity index (χ1v) is 10.4. The van der Waals surface area contributed by atoms with Crippen LogP contribution < -0.4 is 4.74 Å². The molecular weight excluding hydrogens is 394 g/mol. The Morgan fingerprint density at radius 1 is 1.13 bits per heavy atom. The SMILES string of the molecule is COCCN1C(=O)C(=O)C(=C(O)c2ccc(OCC(C)C)c(C)c2)C1c1ccccc1. The molecule has 0 aliphatic carbocycles. The van der Waals surface area contributed by atoms with Crippen molar-refractivity contribution < 1.29 is 24.2 Å². The molecule has 6 nitrogen and oxygen atoms in total. The summed E-state index contributed by atoms with van der Waals surface area (Å²) in [4.78, 5) is 27.2. The lowest BCUT2D eigenvalue weighted by Crippen LogP contribution is -2.32. The quantitative estimate of drug-likeness (QED) is 0.393. The fourth-order valence-electron chi connectivity index (χ4n) is 3.65. The molecule has 1 amide bonds. The molecule has 1 N–H and O–H groups in total. The number of carbonyl (C=O) groups is 2. The summed E-state index contributed by atoms with van der Waals surface area (Å²) in [6, 6.07) is 13.8. The van der Waals surface area contributed by atoms with Gasteiger partial charge in [0.1, 0.15) is 11.5 Å². The van der Waals surface area contributed by atoms with Crippen LogP contribution >= 0.6 is 0 Å². The predicted molar refractivity (Wildman–Crippen MR) is 119 cm³/mol. The zero-order valence-corrected chi connectivity index (χ0v) is 18.4. The second-order valence-corrected chi connectivity index (χ2v) is 8.08. The third-order valence-corrected chi connectivity index (χ3v) is 5.21. The second kappa shape index (κ2) is 9.79. The topological polar surface area (TPSA) is 76.1 Å². The minimum atomic E-state index is -0.694. The average Bonchev–Trinajstić information content (AvgIpc) is 3.01. The second-order valence-electron chi connectivity index (χ2n) is 8.08. The number of hydrogen-bond donors (Lipinski definition) is 1. The summed E-state index contributed by atoms with van der Waals surface area (Å²) >= 11 is 0.